The van der Waals surface area contributed by atoms with E-state index in [0.29, 0.717) is 54.6 Å². The van der Waals surface area contributed by atoms with Crippen molar-refractivity contribution in [2.75, 3.05) is 47.5 Å². The minimum absolute atomic E-state index is 0.0507. The molecule has 8 heteroatoms. The first-order valence-corrected chi connectivity index (χ1v) is 10.9. The van der Waals surface area contributed by atoms with Gasteiger partial charge in [-0.3, -0.25) is 9.59 Å². The molecule has 2 aliphatic rings. The summed E-state index contributed by atoms with van der Waals surface area (Å²) in [6, 6.07) is 11.5. The summed E-state index contributed by atoms with van der Waals surface area (Å²) in [6.45, 7) is 1.99. The lowest BCUT2D eigenvalue weighted by molar-refractivity contribution is -0.139. The molecule has 2 aromatic carbocycles. The van der Waals surface area contributed by atoms with Crippen molar-refractivity contribution in [3.05, 3.63) is 59.2 Å². The van der Waals surface area contributed by atoms with Crippen LogP contribution in [0.4, 0.5) is 0 Å². The average Bonchev–Trinajstić information content (AvgIpc) is 3.08. The number of aliphatic hydroxyl groups excluding tert-OH is 1. The number of likely N-dealkylation sites (tertiary alicyclic amines) is 1. The van der Waals surface area contributed by atoms with Crippen LogP contribution in [0.25, 0.3) is 5.76 Å². The van der Waals surface area contributed by atoms with E-state index in [4.69, 9.17) is 14.2 Å². The number of rotatable bonds is 7. The minimum Gasteiger partial charge on any atom is -0.507 e. The summed E-state index contributed by atoms with van der Waals surface area (Å²) in [5.74, 6) is 0.0921. The summed E-state index contributed by atoms with van der Waals surface area (Å²) in [6.07, 6.45) is 0.685. The van der Waals surface area contributed by atoms with E-state index in [1.165, 1.54) is 4.90 Å². The second-order valence-electron chi connectivity index (χ2n) is 8.28. The van der Waals surface area contributed by atoms with Crippen molar-refractivity contribution < 1.29 is 28.9 Å². The third-order valence-corrected chi connectivity index (χ3v) is 5.77. The lowest BCUT2D eigenvalue weighted by Gasteiger charge is -2.26. The number of ketones is 1. The molecule has 1 amide bonds. The molecule has 174 valence electrons. The van der Waals surface area contributed by atoms with Gasteiger partial charge >= 0.3 is 0 Å². The molecule has 1 atom stereocenters. The number of amides is 1. The third kappa shape index (κ3) is 4.52. The van der Waals surface area contributed by atoms with Gasteiger partial charge in [0.15, 0.2) is 11.5 Å². The van der Waals surface area contributed by atoms with Crippen LogP contribution in [0.1, 0.15) is 23.6 Å². The maximum atomic E-state index is 13.1. The maximum Gasteiger partial charge on any atom is 0.295 e. The molecule has 1 fully saturated rings. The van der Waals surface area contributed by atoms with Gasteiger partial charge in [-0.2, -0.15) is 0 Å². The van der Waals surface area contributed by atoms with E-state index in [9.17, 15) is 14.7 Å². The number of fused-ring (bicyclic) bond motifs is 1. The van der Waals surface area contributed by atoms with Crippen molar-refractivity contribution >= 4 is 17.4 Å². The Morgan fingerprint density at radius 1 is 1.12 bits per heavy atom. The summed E-state index contributed by atoms with van der Waals surface area (Å²) >= 11 is 0. The number of methoxy groups -OCH3 is 1. The molecule has 2 heterocycles. The van der Waals surface area contributed by atoms with E-state index in [2.05, 4.69) is 0 Å². The van der Waals surface area contributed by atoms with Crippen LogP contribution in [0.5, 0.6) is 17.2 Å². The molecule has 0 radical (unpaired) electrons. The first-order chi connectivity index (χ1) is 15.9. The Labute approximate surface area is 193 Å². The largest absolute Gasteiger partial charge is 0.507 e. The van der Waals surface area contributed by atoms with Crippen LogP contribution in [0.3, 0.4) is 0 Å². The molecule has 0 spiro atoms. The molecule has 1 saturated heterocycles. The van der Waals surface area contributed by atoms with Gasteiger partial charge in [0.25, 0.3) is 11.7 Å². The topological polar surface area (TPSA) is 88.5 Å². The fraction of sp³-hybridized carbons (Fsp3) is 0.360. The quantitative estimate of drug-likeness (QED) is 0.393. The van der Waals surface area contributed by atoms with Crippen molar-refractivity contribution in [3.8, 4) is 17.2 Å². The number of carbonyl (C=O) groups is 2. The number of carbonyl (C=O) groups excluding carboxylic acids is 2. The van der Waals surface area contributed by atoms with E-state index in [1.54, 1.807) is 43.5 Å². The Hall–Kier alpha value is -3.52. The van der Waals surface area contributed by atoms with Crippen molar-refractivity contribution in [3.63, 3.8) is 0 Å². The predicted molar refractivity (Wildman–Crippen MR) is 123 cm³/mol. The number of hydrogen-bond donors (Lipinski definition) is 1. The van der Waals surface area contributed by atoms with Gasteiger partial charge in [-0.1, -0.05) is 12.1 Å². The molecule has 0 aromatic heterocycles. The molecule has 0 unspecified atom stereocenters. The molecular formula is C25H28N2O6. The highest BCUT2D eigenvalue weighted by atomic mass is 16.6. The molecule has 8 nitrogen and oxygen atoms in total. The number of aliphatic hydroxyl groups is 1. The summed E-state index contributed by atoms with van der Waals surface area (Å²) in [4.78, 5) is 29.7. The van der Waals surface area contributed by atoms with Gasteiger partial charge < -0.3 is 29.1 Å². The van der Waals surface area contributed by atoms with Crippen LogP contribution in [0.15, 0.2) is 48.0 Å². The number of Topliss-reactive ketones (excluding diaryl/α,β-unsaturated/α-hetero) is 1. The second-order valence-corrected chi connectivity index (χ2v) is 8.28. The first-order valence-electron chi connectivity index (χ1n) is 10.9. The van der Waals surface area contributed by atoms with Gasteiger partial charge in [0.1, 0.15) is 24.7 Å². The monoisotopic (exact) mass is 452 g/mol. The molecule has 4 rings (SSSR count). The third-order valence-electron chi connectivity index (χ3n) is 5.77. The van der Waals surface area contributed by atoms with Crippen LogP contribution >= 0.6 is 0 Å². The highest BCUT2D eigenvalue weighted by Crippen LogP contribution is 2.41. The SMILES string of the molecule is COc1cccc([C@H]2/C(=C(\O)c3ccc4c(c3)OCCO4)C(=O)C(=O)N2CCCN(C)C)c1. The average molecular weight is 453 g/mol. The van der Waals surface area contributed by atoms with Crippen LogP contribution in [-0.2, 0) is 9.59 Å². The molecule has 0 saturated carbocycles. The van der Waals surface area contributed by atoms with Gasteiger partial charge in [-0.25, -0.2) is 0 Å². The molecule has 0 bridgehead atoms. The summed E-state index contributed by atoms with van der Waals surface area (Å²) in [7, 11) is 5.47. The van der Waals surface area contributed by atoms with Gasteiger partial charge in [0.2, 0.25) is 0 Å². The highest BCUT2D eigenvalue weighted by Gasteiger charge is 2.46. The fourth-order valence-corrected chi connectivity index (χ4v) is 4.17. The molecule has 2 aromatic rings. The van der Waals surface area contributed by atoms with Crippen molar-refractivity contribution in [1.82, 2.24) is 9.80 Å². The van der Waals surface area contributed by atoms with Crippen molar-refractivity contribution in [1.29, 1.82) is 0 Å². The molecule has 0 aliphatic carbocycles. The zero-order chi connectivity index (χ0) is 23.5. The molecule has 33 heavy (non-hydrogen) atoms. The number of benzene rings is 2. The number of ether oxygens (including phenoxy) is 3. The minimum atomic E-state index is -0.726. The predicted octanol–water partition coefficient (Wildman–Crippen LogP) is 2.84. The lowest BCUT2D eigenvalue weighted by Crippen LogP contribution is -2.32. The Morgan fingerprint density at radius 3 is 2.61 bits per heavy atom. The number of nitrogens with zero attached hydrogens (tertiary/aromatic N) is 2. The summed E-state index contributed by atoms with van der Waals surface area (Å²) in [5.41, 5.74) is 1.13. The maximum absolute atomic E-state index is 13.1. The van der Waals surface area contributed by atoms with E-state index in [1.807, 2.05) is 25.1 Å². The zero-order valence-corrected chi connectivity index (χ0v) is 19.0. The Bertz CT molecular complexity index is 1090. The number of hydrogen-bond acceptors (Lipinski definition) is 7. The second kappa shape index (κ2) is 9.54. The Balaban J connectivity index is 1.79. The summed E-state index contributed by atoms with van der Waals surface area (Å²) in [5, 5.41) is 11.2. The molecular weight excluding hydrogens is 424 g/mol. The molecule has 2 aliphatic heterocycles. The highest BCUT2D eigenvalue weighted by molar-refractivity contribution is 6.46. The summed E-state index contributed by atoms with van der Waals surface area (Å²) < 4.78 is 16.5. The van der Waals surface area contributed by atoms with E-state index in [0.717, 1.165) is 6.54 Å². The zero-order valence-electron chi connectivity index (χ0n) is 19.0. The van der Waals surface area contributed by atoms with Gasteiger partial charge in [0, 0.05) is 12.1 Å². The Kier molecular flexibility index (Phi) is 6.55. The van der Waals surface area contributed by atoms with Gasteiger partial charge in [0.05, 0.1) is 18.7 Å². The first kappa shape index (κ1) is 22.7. The Morgan fingerprint density at radius 2 is 1.88 bits per heavy atom. The van der Waals surface area contributed by atoms with Crippen LogP contribution in [-0.4, -0.2) is 74.1 Å². The van der Waals surface area contributed by atoms with Gasteiger partial charge in [-0.05, 0) is 63.0 Å². The molecule has 1 N–H and O–H groups in total. The van der Waals surface area contributed by atoms with Crippen LogP contribution < -0.4 is 14.2 Å². The van der Waals surface area contributed by atoms with Crippen molar-refractivity contribution in [2.45, 2.75) is 12.5 Å². The van der Waals surface area contributed by atoms with Crippen molar-refractivity contribution in [2.24, 2.45) is 0 Å². The smallest absolute Gasteiger partial charge is 0.295 e. The van der Waals surface area contributed by atoms with Crippen LogP contribution in [0, 0.1) is 0 Å². The van der Waals surface area contributed by atoms with E-state index >= 15 is 0 Å². The van der Waals surface area contributed by atoms with E-state index < -0.39 is 17.7 Å². The van der Waals surface area contributed by atoms with Gasteiger partial charge in [-0.15, -0.1) is 0 Å². The normalized spacial score (nSPS) is 19.3. The fourth-order valence-electron chi connectivity index (χ4n) is 4.17. The standard InChI is InChI=1S/C25H28N2O6/c1-26(2)10-5-11-27-22(16-6-4-7-18(14-16)31-3)21(24(29)25(27)30)23(28)17-8-9-19-20(15-17)33-13-12-32-19/h4,6-9,14-15,22,28H,5,10-13H2,1-3H3/b23-21+/t22-/m0/s1. The van der Waals surface area contributed by atoms with Crippen LogP contribution in [0.2, 0.25) is 0 Å². The lowest BCUT2D eigenvalue weighted by atomic mass is 9.95. The van der Waals surface area contributed by atoms with E-state index in [-0.39, 0.29) is 11.3 Å².